The zero-order valence-corrected chi connectivity index (χ0v) is 13.6. The zero-order chi connectivity index (χ0) is 15.8. The fourth-order valence-corrected chi connectivity index (χ4v) is 2.42. The van der Waals surface area contributed by atoms with Crippen LogP contribution in [0.5, 0.6) is 5.75 Å². The second-order valence-corrected chi connectivity index (χ2v) is 5.21. The summed E-state index contributed by atoms with van der Waals surface area (Å²) in [6, 6.07) is 3.90. The lowest BCUT2D eigenvalue weighted by molar-refractivity contribution is 0.308. The van der Waals surface area contributed by atoms with Crippen molar-refractivity contribution in [2.45, 2.75) is 26.7 Å². The van der Waals surface area contributed by atoms with Crippen LogP contribution in [-0.2, 0) is 0 Å². The number of fused-ring (bicyclic) bond motifs is 1. The predicted octanol–water partition coefficient (Wildman–Crippen LogP) is 3.11. The Kier molecular flexibility index (Phi) is 6.17. The number of nitrogens with zero attached hydrogens (tertiary/aromatic N) is 3. The van der Waals surface area contributed by atoms with Crippen molar-refractivity contribution in [2.24, 2.45) is 0 Å². The van der Waals surface area contributed by atoms with Gasteiger partial charge in [0.05, 0.1) is 24.7 Å². The van der Waals surface area contributed by atoms with Crippen LogP contribution in [0.2, 0.25) is 0 Å². The third kappa shape index (κ3) is 4.19. The first-order valence-electron chi connectivity index (χ1n) is 7.77. The SMILES string of the molecule is CCCN(CC#Cc1cc2ncncc2cc1OC)CCC. The molecule has 1 heterocycles. The summed E-state index contributed by atoms with van der Waals surface area (Å²) in [5.41, 5.74) is 1.76. The van der Waals surface area contributed by atoms with Crippen LogP contribution in [0.3, 0.4) is 0 Å². The maximum absolute atomic E-state index is 5.43. The number of rotatable bonds is 6. The molecule has 0 N–H and O–H groups in total. The first kappa shape index (κ1) is 16.3. The zero-order valence-electron chi connectivity index (χ0n) is 13.6. The molecule has 116 valence electrons. The normalized spacial score (nSPS) is 10.5. The minimum atomic E-state index is 0.771. The minimum absolute atomic E-state index is 0.771. The summed E-state index contributed by atoms with van der Waals surface area (Å²) in [4.78, 5) is 10.7. The highest BCUT2D eigenvalue weighted by Gasteiger charge is 2.04. The lowest BCUT2D eigenvalue weighted by Crippen LogP contribution is -2.25. The molecule has 4 heteroatoms. The second-order valence-electron chi connectivity index (χ2n) is 5.21. The number of benzene rings is 1. The van der Waals surface area contributed by atoms with E-state index in [1.807, 2.05) is 12.1 Å². The van der Waals surface area contributed by atoms with Crippen LogP contribution in [0.4, 0.5) is 0 Å². The Balaban J connectivity index is 2.21. The highest BCUT2D eigenvalue weighted by molar-refractivity contribution is 5.81. The molecule has 0 saturated carbocycles. The van der Waals surface area contributed by atoms with Crippen LogP contribution < -0.4 is 4.74 Å². The Morgan fingerprint density at radius 2 is 1.95 bits per heavy atom. The van der Waals surface area contributed by atoms with Crippen LogP contribution in [0, 0.1) is 11.8 Å². The quantitative estimate of drug-likeness (QED) is 0.768. The van der Waals surface area contributed by atoms with E-state index in [0.717, 1.165) is 54.7 Å². The average molecular weight is 297 g/mol. The van der Waals surface area contributed by atoms with Crippen molar-refractivity contribution in [3.8, 4) is 17.6 Å². The molecule has 0 bridgehead atoms. The summed E-state index contributed by atoms with van der Waals surface area (Å²) in [5, 5.41) is 0.962. The standard InChI is InChI=1S/C18H23N3O/c1-4-8-21(9-5-2)10-6-7-15-11-17-16(12-18(15)22-3)13-19-14-20-17/h11-14H,4-5,8-10H2,1-3H3. The first-order chi connectivity index (χ1) is 10.8. The maximum Gasteiger partial charge on any atom is 0.135 e. The van der Waals surface area contributed by atoms with E-state index < -0.39 is 0 Å². The van der Waals surface area contributed by atoms with Gasteiger partial charge in [-0.2, -0.15) is 0 Å². The molecule has 0 fully saturated rings. The molecule has 0 aliphatic rings. The van der Waals surface area contributed by atoms with Crippen molar-refractivity contribution in [1.82, 2.24) is 14.9 Å². The van der Waals surface area contributed by atoms with E-state index in [1.165, 1.54) is 0 Å². The molecule has 0 aliphatic carbocycles. The molecule has 22 heavy (non-hydrogen) atoms. The molecule has 2 aromatic rings. The minimum Gasteiger partial charge on any atom is -0.495 e. The van der Waals surface area contributed by atoms with E-state index in [9.17, 15) is 0 Å². The molecule has 0 atom stereocenters. The summed E-state index contributed by atoms with van der Waals surface area (Å²) in [5.74, 6) is 7.26. The summed E-state index contributed by atoms with van der Waals surface area (Å²) in [6.45, 7) is 7.35. The molecule has 2 rings (SSSR count). The van der Waals surface area contributed by atoms with Crippen molar-refractivity contribution < 1.29 is 4.74 Å². The van der Waals surface area contributed by atoms with Gasteiger partial charge in [0.1, 0.15) is 12.1 Å². The fraction of sp³-hybridized carbons (Fsp3) is 0.444. The van der Waals surface area contributed by atoms with E-state index >= 15 is 0 Å². The van der Waals surface area contributed by atoms with Gasteiger partial charge >= 0.3 is 0 Å². The van der Waals surface area contributed by atoms with E-state index in [2.05, 4.69) is 40.6 Å². The molecule has 1 aromatic carbocycles. The van der Waals surface area contributed by atoms with Gasteiger partial charge in [-0.15, -0.1) is 0 Å². The van der Waals surface area contributed by atoms with Gasteiger partial charge in [0.15, 0.2) is 0 Å². The second kappa shape index (κ2) is 8.35. The molecular formula is C18H23N3O. The molecule has 0 radical (unpaired) electrons. The topological polar surface area (TPSA) is 38.2 Å². The van der Waals surface area contributed by atoms with Crippen LogP contribution in [-0.4, -0.2) is 41.6 Å². The fourth-order valence-electron chi connectivity index (χ4n) is 2.42. The monoisotopic (exact) mass is 297 g/mol. The van der Waals surface area contributed by atoms with Crippen molar-refractivity contribution in [3.05, 3.63) is 30.2 Å². The largest absolute Gasteiger partial charge is 0.495 e. The lowest BCUT2D eigenvalue weighted by Gasteiger charge is -2.17. The molecule has 0 saturated heterocycles. The van der Waals surface area contributed by atoms with Crippen molar-refractivity contribution >= 4 is 10.9 Å². The highest BCUT2D eigenvalue weighted by Crippen LogP contribution is 2.23. The Hall–Kier alpha value is -2.12. The molecule has 4 nitrogen and oxygen atoms in total. The van der Waals surface area contributed by atoms with Crippen LogP contribution >= 0.6 is 0 Å². The third-order valence-electron chi connectivity index (χ3n) is 3.43. The summed E-state index contributed by atoms with van der Waals surface area (Å²) in [7, 11) is 1.66. The summed E-state index contributed by atoms with van der Waals surface area (Å²) < 4.78 is 5.43. The van der Waals surface area contributed by atoms with Gasteiger partial charge in [0.25, 0.3) is 0 Å². The number of hydrogen-bond donors (Lipinski definition) is 0. The Morgan fingerprint density at radius 3 is 2.64 bits per heavy atom. The number of methoxy groups -OCH3 is 1. The molecule has 0 unspecified atom stereocenters. The number of ether oxygens (including phenoxy) is 1. The molecule has 0 amide bonds. The van der Waals surface area contributed by atoms with E-state index in [-0.39, 0.29) is 0 Å². The lowest BCUT2D eigenvalue weighted by atomic mass is 10.1. The first-order valence-corrected chi connectivity index (χ1v) is 7.77. The van der Waals surface area contributed by atoms with Crippen molar-refractivity contribution in [1.29, 1.82) is 0 Å². The van der Waals surface area contributed by atoms with Crippen LogP contribution in [0.25, 0.3) is 10.9 Å². The van der Waals surface area contributed by atoms with Gasteiger partial charge < -0.3 is 4.74 Å². The van der Waals surface area contributed by atoms with Crippen LogP contribution in [0.15, 0.2) is 24.7 Å². The van der Waals surface area contributed by atoms with Crippen LogP contribution in [0.1, 0.15) is 32.3 Å². The van der Waals surface area contributed by atoms with Crippen molar-refractivity contribution in [3.63, 3.8) is 0 Å². The third-order valence-corrected chi connectivity index (χ3v) is 3.43. The van der Waals surface area contributed by atoms with E-state index in [1.54, 1.807) is 19.6 Å². The van der Waals surface area contributed by atoms with E-state index in [4.69, 9.17) is 4.74 Å². The number of hydrogen-bond acceptors (Lipinski definition) is 4. The van der Waals surface area contributed by atoms with Gasteiger partial charge in [0, 0.05) is 11.6 Å². The highest BCUT2D eigenvalue weighted by atomic mass is 16.5. The molecule has 0 aliphatic heterocycles. The summed E-state index contributed by atoms with van der Waals surface area (Å²) >= 11 is 0. The van der Waals surface area contributed by atoms with Gasteiger partial charge in [-0.05, 0) is 38.1 Å². The molecule has 0 spiro atoms. The Bertz CT molecular complexity index is 667. The van der Waals surface area contributed by atoms with E-state index in [0.29, 0.717) is 0 Å². The van der Waals surface area contributed by atoms with Gasteiger partial charge in [-0.25, -0.2) is 9.97 Å². The van der Waals surface area contributed by atoms with Gasteiger partial charge in [-0.1, -0.05) is 25.7 Å². The Labute approximate surface area is 132 Å². The summed E-state index contributed by atoms with van der Waals surface area (Å²) in [6.07, 6.45) is 5.64. The average Bonchev–Trinajstić information content (AvgIpc) is 2.54. The predicted molar refractivity (Wildman–Crippen MR) is 90.0 cm³/mol. The molecular weight excluding hydrogens is 274 g/mol. The van der Waals surface area contributed by atoms with Gasteiger partial charge in [-0.3, -0.25) is 4.90 Å². The Morgan fingerprint density at radius 1 is 1.18 bits per heavy atom. The van der Waals surface area contributed by atoms with Gasteiger partial charge in [0.2, 0.25) is 0 Å². The maximum atomic E-state index is 5.43. The smallest absolute Gasteiger partial charge is 0.135 e. The molecule has 1 aromatic heterocycles. The number of aromatic nitrogens is 2. The van der Waals surface area contributed by atoms with Crippen molar-refractivity contribution in [2.75, 3.05) is 26.7 Å².